The second kappa shape index (κ2) is 5.39. The lowest BCUT2D eigenvalue weighted by atomic mass is 10.2. The molecule has 0 unspecified atom stereocenters. The van der Waals surface area contributed by atoms with E-state index in [1.54, 1.807) is 18.2 Å². The van der Waals surface area contributed by atoms with Gasteiger partial charge < -0.3 is 16.0 Å². The molecule has 0 saturated heterocycles. The highest BCUT2D eigenvalue weighted by molar-refractivity contribution is 6.04. The molecule has 0 radical (unpaired) electrons. The fourth-order valence-corrected chi connectivity index (χ4v) is 1.73. The van der Waals surface area contributed by atoms with Gasteiger partial charge in [-0.2, -0.15) is 0 Å². The second-order valence-corrected chi connectivity index (χ2v) is 4.31. The van der Waals surface area contributed by atoms with E-state index in [1.807, 2.05) is 43.3 Å². The molecule has 1 aromatic carbocycles. The highest BCUT2D eigenvalue weighted by Crippen LogP contribution is 2.23. The third kappa shape index (κ3) is 3.01. The van der Waals surface area contributed by atoms with Crippen LogP contribution in [0.15, 0.2) is 42.5 Å². The number of pyridine rings is 1. The van der Waals surface area contributed by atoms with Crippen molar-refractivity contribution in [3.05, 3.63) is 48.2 Å². The number of rotatable bonds is 3. The van der Waals surface area contributed by atoms with Gasteiger partial charge in [0.05, 0.1) is 11.4 Å². The van der Waals surface area contributed by atoms with E-state index in [0.717, 1.165) is 11.4 Å². The van der Waals surface area contributed by atoms with Crippen molar-refractivity contribution >= 4 is 23.1 Å². The summed E-state index contributed by atoms with van der Waals surface area (Å²) in [6.45, 7) is 0. The smallest absolute Gasteiger partial charge is 0.274 e. The number of carbonyl (C=O) groups is 1. The molecular weight excluding hydrogens is 240 g/mol. The molecule has 1 amide bonds. The van der Waals surface area contributed by atoms with E-state index in [4.69, 9.17) is 5.73 Å². The average molecular weight is 256 g/mol. The van der Waals surface area contributed by atoms with Crippen molar-refractivity contribution in [2.75, 3.05) is 30.0 Å². The van der Waals surface area contributed by atoms with Crippen LogP contribution >= 0.6 is 0 Å². The number of hydrogen-bond acceptors (Lipinski definition) is 4. The van der Waals surface area contributed by atoms with Gasteiger partial charge in [0.1, 0.15) is 11.5 Å². The average Bonchev–Trinajstić information content (AvgIpc) is 2.39. The number of nitrogens with two attached hydrogens (primary N) is 1. The van der Waals surface area contributed by atoms with Crippen molar-refractivity contribution in [1.82, 2.24) is 4.98 Å². The molecule has 3 N–H and O–H groups in total. The van der Waals surface area contributed by atoms with Gasteiger partial charge in [0, 0.05) is 14.1 Å². The molecule has 2 rings (SSSR count). The number of nitrogens with zero attached hydrogens (tertiary/aromatic N) is 2. The molecule has 0 atom stereocenters. The summed E-state index contributed by atoms with van der Waals surface area (Å²) in [6, 6.07) is 12.5. The summed E-state index contributed by atoms with van der Waals surface area (Å²) in [5.74, 6) is 0.0511. The molecule has 2 aromatic rings. The van der Waals surface area contributed by atoms with Crippen molar-refractivity contribution in [3.8, 4) is 0 Å². The van der Waals surface area contributed by atoms with E-state index in [9.17, 15) is 4.79 Å². The predicted octanol–water partition coefficient (Wildman–Crippen LogP) is 1.98. The summed E-state index contributed by atoms with van der Waals surface area (Å²) in [6.07, 6.45) is 0. The standard InChI is InChI=1S/C14H16N4O/c1-18(2)12-8-4-3-6-10(12)17-14(19)11-7-5-9-13(15)16-11/h3-9H,1-2H3,(H2,15,16)(H,17,19). The van der Waals surface area contributed by atoms with E-state index >= 15 is 0 Å². The lowest BCUT2D eigenvalue weighted by molar-refractivity contribution is 0.102. The molecule has 98 valence electrons. The van der Waals surface area contributed by atoms with Crippen LogP contribution in [0.2, 0.25) is 0 Å². The van der Waals surface area contributed by atoms with Crippen molar-refractivity contribution in [2.24, 2.45) is 0 Å². The van der Waals surface area contributed by atoms with Crippen molar-refractivity contribution in [1.29, 1.82) is 0 Å². The van der Waals surface area contributed by atoms with E-state index < -0.39 is 0 Å². The molecule has 1 aromatic heterocycles. The number of carbonyl (C=O) groups excluding carboxylic acids is 1. The first-order valence-electron chi connectivity index (χ1n) is 5.88. The zero-order valence-electron chi connectivity index (χ0n) is 10.9. The minimum absolute atomic E-state index is 0.276. The normalized spacial score (nSPS) is 10.0. The van der Waals surface area contributed by atoms with Gasteiger partial charge in [-0.15, -0.1) is 0 Å². The van der Waals surface area contributed by atoms with Crippen LogP contribution in [0.5, 0.6) is 0 Å². The zero-order chi connectivity index (χ0) is 13.8. The zero-order valence-corrected chi connectivity index (χ0v) is 10.9. The van der Waals surface area contributed by atoms with Crippen LogP contribution in [0.1, 0.15) is 10.5 Å². The Labute approximate surface area is 112 Å². The SMILES string of the molecule is CN(C)c1ccccc1NC(=O)c1cccc(N)n1. The molecule has 5 heteroatoms. The molecule has 0 aliphatic carbocycles. The van der Waals surface area contributed by atoms with Crippen LogP contribution in [0.25, 0.3) is 0 Å². The van der Waals surface area contributed by atoms with Gasteiger partial charge in [0.2, 0.25) is 0 Å². The summed E-state index contributed by atoms with van der Waals surface area (Å²) >= 11 is 0. The molecule has 0 aliphatic heterocycles. The number of para-hydroxylation sites is 2. The molecule has 0 bridgehead atoms. The number of aromatic nitrogens is 1. The van der Waals surface area contributed by atoms with Crippen LogP contribution in [0, 0.1) is 0 Å². The summed E-state index contributed by atoms with van der Waals surface area (Å²) in [5.41, 5.74) is 7.54. The minimum atomic E-state index is -0.276. The Balaban J connectivity index is 2.24. The fourth-order valence-electron chi connectivity index (χ4n) is 1.73. The van der Waals surface area contributed by atoms with Gasteiger partial charge in [0.15, 0.2) is 0 Å². The molecule has 0 spiro atoms. The molecule has 1 heterocycles. The summed E-state index contributed by atoms with van der Waals surface area (Å²) in [5, 5.41) is 2.84. The van der Waals surface area contributed by atoms with E-state index in [0.29, 0.717) is 11.5 Å². The predicted molar refractivity (Wildman–Crippen MR) is 77.4 cm³/mol. The second-order valence-electron chi connectivity index (χ2n) is 4.31. The van der Waals surface area contributed by atoms with E-state index in [-0.39, 0.29) is 5.91 Å². The largest absolute Gasteiger partial charge is 0.384 e. The van der Waals surface area contributed by atoms with Crippen LogP contribution < -0.4 is 16.0 Å². The van der Waals surface area contributed by atoms with Gasteiger partial charge in [0.25, 0.3) is 5.91 Å². The first-order valence-corrected chi connectivity index (χ1v) is 5.88. The Kier molecular flexibility index (Phi) is 3.66. The molecule has 0 saturated carbocycles. The monoisotopic (exact) mass is 256 g/mol. The Hall–Kier alpha value is -2.56. The number of benzene rings is 1. The Bertz CT molecular complexity index is 596. The first kappa shape index (κ1) is 12.9. The molecular formula is C14H16N4O. The number of nitrogens with one attached hydrogen (secondary N) is 1. The number of anilines is 3. The third-order valence-corrected chi connectivity index (χ3v) is 2.64. The summed E-state index contributed by atoms with van der Waals surface area (Å²) in [7, 11) is 3.84. The van der Waals surface area contributed by atoms with Gasteiger partial charge in [-0.1, -0.05) is 18.2 Å². The maximum Gasteiger partial charge on any atom is 0.274 e. The topological polar surface area (TPSA) is 71.2 Å². The van der Waals surface area contributed by atoms with Crippen molar-refractivity contribution in [3.63, 3.8) is 0 Å². The lowest BCUT2D eigenvalue weighted by Crippen LogP contribution is -2.17. The van der Waals surface area contributed by atoms with E-state index in [1.165, 1.54) is 0 Å². The lowest BCUT2D eigenvalue weighted by Gasteiger charge is -2.17. The molecule has 0 fully saturated rings. The number of nitrogen functional groups attached to an aromatic ring is 1. The number of hydrogen-bond donors (Lipinski definition) is 2. The molecule has 19 heavy (non-hydrogen) atoms. The highest BCUT2D eigenvalue weighted by Gasteiger charge is 2.11. The van der Waals surface area contributed by atoms with Gasteiger partial charge in [-0.25, -0.2) is 4.98 Å². The van der Waals surface area contributed by atoms with E-state index in [2.05, 4.69) is 10.3 Å². The van der Waals surface area contributed by atoms with Crippen molar-refractivity contribution < 1.29 is 4.79 Å². The van der Waals surface area contributed by atoms with Crippen LogP contribution in [0.3, 0.4) is 0 Å². The Morgan fingerprint density at radius 3 is 2.58 bits per heavy atom. The quantitative estimate of drug-likeness (QED) is 0.881. The van der Waals surface area contributed by atoms with Crippen molar-refractivity contribution in [2.45, 2.75) is 0 Å². The first-order chi connectivity index (χ1) is 9.08. The van der Waals surface area contributed by atoms with Crippen LogP contribution in [-0.2, 0) is 0 Å². The van der Waals surface area contributed by atoms with Crippen LogP contribution in [-0.4, -0.2) is 25.0 Å². The third-order valence-electron chi connectivity index (χ3n) is 2.64. The molecule has 0 aliphatic rings. The van der Waals surface area contributed by atoms with Crippen LogP contribution in [0.4, 0.5) is 17.2 Å². The maximum atomic E-state index is 12.1. The maximum absolute atomic E-state index is 12.1. The van der Waals surface area contributed by atoms with Gasteiger partial charge in [-0.05, 0) is 24.3 Å². The number of amides is 1. The minimum Gasteiger partial charge on any atom is -0.384 e. The summed E-state index contributed by atoms with van der Waals surface area (Å²) < 4.78 is 0. The summed E-state index contributed by atoms with van der Waals surface area (Å²) in [4.78, 5) is 18.0. The van der Waals surface area contributed by atoms with Gasteiger partial charge >= 0.3 is 0 Å². The van der Waals surface area contributed by atoms with Gasteiger partial charge in [-0.3, -0.25) is 4.79 Å². The Morgan fingerprint density at radius 1 is 1.16 bits per heavy atom. The molecule has 5 nitrogen and oxygen atoms in total. The Morgan fingerprint density at radius 2 is 1.89 bits per heavy atom. The highest BCUT2D eigenvalue weighted by atomic mass is 16.1. The fraction of sp³-hybridized carbons (Fsp3) is 0.143.